The third-order valence-electron chi connectivity index (χ3n) is 6.84. The van der Waals surface area contributed by atoms with Gasteiger partial charge in [-0.25, -0.2) is 27.3 Å². The molecule has 3 N–H and O–H groups in total. The number of nitrogens with two attached hydrogens (primary N) is 1. The molecule has 1 aliphatic heterocycles. The number of carbonyl (C=O) groups excluding carboxylic acids is 1. The molecule has 0 unspecified atom stereocenters. The summed E-state index contributed by atoms with van der Waals surface area (Å²) in [7, 11) is -1.70. The highest BCUT2D eigenvalue weighted by Crippen LogP contribution is 2.35. The van der Waals surface area contributed by atoms with Crippen molar-refractivity contribution in [2.24, 2.45) is 0 Å². The Morgan fingerprint density at radius 2 is 1.86 bits per heavy atom. The molecule has 1 aromatic carbocycles. The van der Waals surface area contributed by atoms with Crippen LogP contribution in [0.2, 0.25) is 0 Å². The fraction of sp³-hybridized carbons (Fsp3) is 0.308. The number of benzene rings is 1. The van der Waals surface area contributed by atoms with E-state index in [9.17, 15) is 26.4 Å². The Bertz CT molecular complexity index is 1760. The normalized spacial score (nSPS) is 15.5. The van der Waals surface area contributed by atoms with Crippen molar-refractivity contribution in [3.8, 4) is 28.3 Å². The SMILES string of the molecule is COc1cc(-c2cnc3ccc(-c4cnc(N)c(C(F)(F)F)c4)nn23)c(F)cc1C(=O)NCCN1CCS(=O)(=O)CC1. The van der Waals surface area contributed by atoms with Crippen LogP contribution in [0, 0.1) is 5.82 Å². The molecule has 0 radical (unpaired) electrons. The minimum absolute atomic E-state index is 0.0125. The molecule has 4 aromatic rings. The molecule has 1 saturated heterocycles. The van der Waals surface area contributed by atoms with Gasteiger partial charge in [0.1, 0.15) is 17.4 Å². The third kappa shape index (κ3) is 5.99. The van der Waals surface area contributed by atoms with Crippen LogP contribution in [0.4, 0.5) is 23.4 Å². The van der Waals surface area contributed by atoms with Crippen LogP contribution in [-0.4, -0.2) is 83.6 Å². The summed E-state index contributed by atoms with van der Waals surface area (Å²) in [5.74, 6) is -1.85. The molecular weight excluding hydrogens is 582 g/mol. The summed E-state index contributed by atoms with van der Waals surface area (Å²) in [5.41, 5.74) is 4.82. The summed E-state index contributed by atoms with van der Waals surface area (Å²) in [5, 5.41) is 7.06. The van der Waals surface area contributed by atoms with Crippen LogP contribution in [0.5, 0.6) is 5.75 Å². The molecular formula is C26H25F4N7O4S. The number of halogens is 4. The molecule has 0 bridgehead atoms. The fourth-order valence-corrected chi connectivity index (χ4v) is 5.82. The summed E-state index contributed by atoms with van der Waals surface area (Å²) in [6.07, 6.45) is -2.23. The summed E-state index contributed by atoms with van der Waals surface area (Å²) in [4.78, 5) is 22.6. The second-order valence-corrected chi connectivity index (χ2v) is 11.9. The minimum Gasteiger partial charge on any atom is -0.496 e. The number of methoxy groups -OCH3 is 1. The number of sulfone groups is 1. The Labute approximate surface area is 237 Å². The molecule has 3 aromatic heterocycles. The average molecular weight is 608 g/mol. The van der Waals surface area contributed by atoms with Crippen molar-refractivity contribution >= 4 is 27.2 Å². The molecule has 1 fully saturated rings. The van der Waals surface area contributed by atoms with Crippen LogP contribution in [-0.2, 0) is 16.0 Å². The molecule has 1 amide bonds. The van der Waals surface area contributed by atoms with Crippen LogP contribution >= 0.6 is 0 Å². The highest BCUT2D eigenvalue weighted by Gasteiger charge is 2.34. The van der Waals surface area contributed by atoms with Crippen molar-refractivity contribution in [1.29, 1.82) is 0 Å². The summed E-state index contributed by atoms with van der Waals surface area (Å²) in [6.45, 7) is 1.38. The predicted octanol–water partition coefficient (Wildman–Crippen LogP) is 2.67. The Kier molecular flexibility index (Phi) is 7.76. The van der Waals surface area contributed by atoms with Crippen molar-refractivity contribution in [3.05, 3.63) is 59.7 Å². The van der Waals surface area contributed by atoms with Crippen LogP contribution < -0.4 is 15.8 Å². The monoisotopic (exact) mass is 607 g/mol. The van der Waals surface area contributed by atoms with Gasteiger partial charge in [-0.05, 0) is 30.3 Å². The van der Waals surface area contributed by atoms with E-state index < -0.39 is 39.1 Å². The van der Waals surface area contributed by atoms with E-state index in [2.05, 4.69) is 20.4 Å². The summed E-state index contributed by atoms with van der Waals surface area (Å²) < 4.78 is 85.3. The van der Waals surface area contributed by atoms with E-state index in [0.717, 1.165) is 18.3 Å². The molecule has 222 valence electrons. The fourth-order valence-electron chi connectivity index (χ4n) is 4.55. The summed E-state index contributed by atoms with van der Waals surface area (Å²) >= 11 is 0. The molecule has 5 rings (SSSR count). The number of fused-ring (bicyclic) bond motifs is 1. The number of carbonyl (C=O) groups is 1. The number of nitrogen functional groups attached to an aromatic ring is 1. The van der Waals surface area contributed by atoms with E-state index in [1.54, 1.807) is 0 Å². The summed E-state index contributed by atoms with van der Waals surface area (Å²) in [6, 6.07) is 6.11. The van der Waals surface area contributed by atoms with Gasteiger partial charge in [-0.3, -0.25) is 9.69 Å². The van der Waals surface area contributed by atoms with Crippen LogP contribution in [0.25, 0.3) is 28.2 Å². The first-order chi connectivity index (χ1) is 19.9. The number of imidazole rings is 1. The Morgan fingerprint density at radius 1 is 1.12 bits per heavy atom. The molecule has 1 aliphatic rings. The van der Waals surface area contributed by atoms with Crippen molar-refractivity contribution in [2.45, 2.75) is 6.18 Å². The van der Waals surface area contributed by atoms with Gasteiger partial charge in [0.2, 0.25) is 0 Å². The zero-order valence-electron chi connectivity index (χ0n) is 22.2. The number of hydrogen-bond acceptors (Lipinski definition) is 9. The first-order valence-electron chi connectivity index (χ1n) is 12.6. The average Bonchev–Trinajstić information content (AvgIpc) is 3.36. The number of hydrogen-bond donors (Lipinski definition) is 2. The second kappa shape index (κ2) is 11.2. The smallest absolute Gasteiger partial charge is 0.419 e. The lowest BCUT2D eigenvalue weighted by Gasteiger charge is -2.26. The van der Waals surface area contributed by atoms with Crippen molar-refractivity contribution < 1.29 is 35.5 Å². The second-order valence-electron chi connectivity index (χ2n) is 9.57. The zero-order valence-corrected chi connectivity index (χ0v) is 23.0. The van der Waals surface area contributed by atoms with E-state index >= 15 is 4.39 Å². The number of nitrogens with one attached hydrogen (secondary N) is 1. The number of alkyl halides is 3. The number of anilines is 1. The molecule has 16 heteroatoms. The predicted molar refractivity (Wildman–Crippen MR) is 145 cm³/mol. The number of pyridine rings is 1. The third-order valence-corrected chi connectivity index (χ3v) is 8.45. The van der Waals surface area contributed by atoms with Gasteiger partial charge >= 0.3 is 6.18 Å². The van der Waals surface area contributed by atoms with Crippen molar-refractivity contribution in [2.75, 3.05) is 50.5 Å². The Hall–Kier alpha value is -4.31. The van der Waals surface area contributed by atoms with Gasteiger partial charge in [-0.15, -0.1) is 0 Å². The molecule has 42 heavy (non-hydrogen) atoms. The Balaban J connectivity index is 1.40. The maximum absolute atomic E-state index is 15.4. The van der Waals surface area contributed by atoms with Crippen LogP contribution in [0.15, 0.2) is 42.7 Å². The first kappa shape index (κ1) is 29.2. The van der Waals surface area contributed by atoms with Crippen LogP contribution in [0.1, 0.15) is 15.9 Å². The zero-order chi connectivity index (χ0) is 30.2. The van der Waals surface area contributed by atoms with E-state index in [1.807, 2.05) is 4.90 Å². The quantitative estimate of drug-likeness (QED) is 0.303. The maximum Gasteiger partial charge on any atom is 0.419 e. The van der Waals surface area contributed by atoms with Gasteiger partial charge in [-0.2, -0.15) is 18.3 Å². The van der Waals surface area contributed by atoms with Gasteiger partial charge in [0.05, 0.1) is 47.3 Å². The van der Waals surface area contributed by atoms with Crippen molar-refractivity contribution in [3.63, 3.8) is 0 Å². The number of nitrogens with zero attached hydrogens (tertiary/aromatic N) is 5. The highest BCUT2D eigenvalue weighted by atomic mass is 32.2. The lowest BCUT2D eigenvalue weighted by molar-refractivity contribution is -0.137. The first-order valence-corrected chi connectivity index (χ1v) is 14.4. The Morgan fingerprint density at radius 3 is 2.55 bits per heavy atom. The minimum atomic E-state index is -4.72. The largest absolute Gasteiger partial charge is 0.496 e. The highest BCUT2D eigenvalue weighted by molar-refractivity contribution is 7.91. The van der Waals surface area contributed by atoms with E-state index in [4.69, 9.17) is 10.5 Å². The van der Waals surface area contributed by atoms with E-state index in [1.165, 1.54) is 36.0 Å². The van der Waals surface area contributed by atoms with E-state index in [-0.39, 0.29) is 51.9 Å². The van der Waals surface area contributed by atoms with Crippen molar-refractivity contribution in [1.82, 2.24) is 29.8 Å². The van der Waals surface area contributed by atoms with E-state index in [0.29, 0.717) is 25.3 Å². The number of rotatable bonds is 7. The molecule has 4 heterocycles. The van der Waals surface area contributed by atoms with Gasteiger partial charge in [0, 0.05) is 43.5 Å². The molecule has 0 aliphatic carbocycles. The molecule has 0 saturated carbocycles. The molecule has 0 spiro atoms. The number of aromatic nitrogens is 4. The lowest BCUT2D eigenvalue weighted by atomic mass is 10.1. The van der Waals surface area contributed by atoms with Gasteiger partial charge in [0.15, 0.2) is 15.5 Å². The van der Waals surface area contributed by atoms with Gasteiger partial charge in [0.25, 0.3) is 5.91 Å². The van der Waals surface area contributed by atoms with Crippen LogP contribution in [0.3, 0.4) is 0 Å². The molecule has 0 atom stereocenters. The molecule has 11 nitrogen and oxygen atoms in total. The topological polar surface area (TPSA) is 145 Å². The number of amides is 1. The number of ether oxygens (including phenoxy) is 1. The van der Waals surface area contributed by atoms with Gasteiger partial charge < -0.3 is 15.8 Å². The standard InChI is InChI=1S/C26H25F4N7O4S/c1-41-22-12-16(19(27)11-17(22)25(38)32-4-5-36-6-8-42(39,40)9-7-36)21-14-33-23-3-2-20(35-37(21)23)15-10-18(26(28,29)30)24(31)34-13-15/h2-3,10-14H,4-9H2,1H3,(H2,31,34)(H,32,38). The van der Waals surface area contributed by atoms with Gasteiger partial charge in [-0.1, -0.05) is 0 Å². The lowest BCUT2D eigenvalue weighted by Crippen LogP contribution is -2.43. The maximum atomic E-state index is 15.4.